The summed E-state index contributed by atoms with van der Waals surface area (Å²) in [6.45, 7) is 4.22. The van der Waals surface area contributed by atoms with Crippen LogP contribution in [0.25, 0.3) is 16.9 Å². The number of halogens is 1. The van der Waals surface area contributed by atoms with Crippen LogP contribution in [0.5, 0.6) is 0 Å². The van der Waals surface area contributed by atoms with Crippen LogP contribution in [0.4, 0.5) is 0 Å². The molecular formula is C20H18BrN5S. The maximum atomic E-state index is 5.15. The number of nitrogens with one attached hydrogen (secondary N) is 2. The summed E-state index contributed by atoms with van der Waals surface area (Å²) in [6.07, 6.45) is 5.39. The van der Waals surface area contributed by atoms with E-state index in [1.54, 1.807) is 12.3 Å². The number of para-hydroxylation sites is 1. The molecule has 0 bridgehead atoms. The van der Waals surface area contributed by atoms with Gasteiger partial charge in [-0.15, -0.1) is 6.58 Å². The molecule has 0 saturated heterocycles. The monoisotopic (exact) mass is 439 g/mol. The predicted octanol–water partition coefficient (Wildman–Crippen LogP) is 4.29. The Kier molecular flexibility index (Phi) is 6.51. The summed E-state index contributed by atoms with van der Waals surface area (Å²) in [5.41, 5.74) is 6.49. The van der Waals surface area contributed by atoms with Crippen LogP contribution < -0.4 is 10.7 Å². The van der Waals surface area contributed by atoms with Crippen molar-refractivity contribution in [2.75, 3.05) is 6.54 Å². The van der Waals surface area contributed by atoms with E-state index < -0.39 is 0 Å². The Bertz CT molecular complexity index is 948. The van der Waals surface area contributed by atoms with E-state index in [4.69, 9.17) is 17.3 Å². The van der Waals surface area contributed by atoms with E-state index in [0.29, 0.717) is 11.7 Å². The van der Waals surface area contributed by atoms with Gasteiger partial charge in [0.2, 0.25) is 0 Å². The van der Waals surface area contributed by atoms with Gasteiger partial charge in [0.1, 0.15) is 5.69 Å². The lowest BCUT2D eigenvalue weighted by Crippen LogP contribution is -2.31. The Morgan fingerprint density at radius 2 is 1.93 bits per heavy atom. The Labute approximate surface area is 171 Å². The zero-order chi connectivity index (χ0) is 19.1. The first-order valence-corrected chi connectivity index (χ1v) is 9.46. The first kappa shape index (κ1) is 19.0. The molecule has 0 amide bonds. The van der Waals surface area contributed by atoms with Gasteiger partial charge in [0.05, 0.1) is 11.9 Å². The van der Waals surface area contributed by atoms with Crippen LogP contribution in [0.2, 0.25) is 0 Å². The second-order valence-electron chi connectivity index (χ2n) is 5.59. The molecule has 0 fully saturated rings. The fourth-order valence-electron chi connectivity index (χ4n) is 2.39. The fourth-order valence-corrected chi connectivity index (χ4v) is 2.79. The van der Waals surface area contributed by atoms with E-state index in [2.05, 4.69) is 38.4 Å². The minimum Gasteiger partial charge on any atom is -0.358 e. The minimum absolute atomic E-state index is 0.437. The van der Waals surface area contributed by atoms with Gasteiger partial charge in [-0.3, -0.25) is 5.43 Å². The summed E-state index contributed by atoms with van der Waals surface area (Å²) < 4.78 is 2.86. The summed E-state index contributed by atoms with van der Waals surface area (Å²) in [5.74, 6) is 0. The van der Waals surface area contributed by atoms with Crippen LogP contribution >= 0.6 is 28.1 Å². The average molecular weight is 440 g/mol. The highest BCUT2D eigenvalue weighted by Gasteiger charge is 2.11. The fraction of sp³-hybridized carbons (Fsp3) is 0.0500. The largest absolute Gasteiger partial charge is 0.358 e. The van der Waals surface area contributed by atoms with Crippen molar-refractivity contribution in [3.05, 3.63) is 83.5 Å². The van der Waals surface area contributed by atoms with E-state index in [0.717, 1.165) is 27.0 Å². The lowest BCUT2D eigenvalue weighted by molar-refractivity contribution is 0.884. The molecule has 0 unspecified atom stereocenters. The molecule has 27 heavy (non-hydrogen) atoms. The zero-order valence-corrected chi connectivity index (χ0v) is 16.9. The molecule has 136 valence electrons. The molecule has 0 aliphatic rings. The number of benzene rings is 2. The minimum atomic E-state index is 0.437. The average Bonchev–Trinajstić information content (AvgIpc) is 3.12. The number of hydrazone groups is 1. The molecule has 2 aromatic carbocycles. The van der Waals surface area contributed by atoms with Crippen LogP contribution in [0.3, 0.4) is 0 Å². The quantitative estimate of drug-likeness (QED) is 0.260. The molecule has 0 aliphatic carbocycles. The van der Waals surface area contributed by atoms with Crippen molar-refractivity contribution in [2.24, 2.45) is 5.10 Å². The molecule has 0 radical (unpaired) electrons. The van der Waals surface area contributed by atoms with Gasteiger partial charge in [-0.25, -0.2) is 4.68 Å². The molecule has 2 N–H and O–H groups in total. The molecule has 5 nitrogen and oxygen atoms in total. The van der Waals surface area contributed by atoms with Crippen LogP contribution in [0, 0.1) is 0 Å². The third-order valence-corrected chi connectivity index (χ3v) is 4.42. The Balaban J connectivity index is 1.90. The van der Waals surface area contributed by atoms with E-state index >= 15 is 0 Å². The third-order valence-electron chi connectivity index (χ3n) is 3.66. The lowest BCUT2D eigenvalue weighted by atomic mass is 10.1. The van der Waals surface area contributed by atoms with Gasteiger partial charge in [0, 0.05) is 28.3 Å². The van der Waals surface area contributed by atoms with E-state index in [9.17, 15) is 0 Å². The molecule has 3 aromatic rings. The normalized spacial score (nSPS) is 10.7. The lowest BCUT2D eigenvalue weighted by Gasteiger charge is -2.03. The van der Waals surface area contributed by atoms with Crippen LogP contribution in [-0.4, -0.2) is 27.7 Å². The second-order valence-corrected chi connectivity index (χ2v) is 6.91. The standard InChI is InChI=1S/C20H18BrN5S/c1-2-12-22-20(27)24-23-13-16-14-26(18-6-4-3-5-7-18)25-19(16)15-8-10-17(21)11-9-15/h2-11,13-14H,1,12H2,(H2,22,24,27)/b23-13-. The predicted molar refractivity (Wildman–Crippen MR) is 118 cm³/mol. The highest BCUT2D eigenvalue weighted by Crippen LogP contribution is 2.24. The van der Waals surface area contributed by atoms with Crippen molar-refractivity contribution < 1.29 is 0 Å². The molecule has 1 aromatic heterocycles. The summed E-state index contributed by atoms with van der Waals surface area (Å²) >= 11 is 8.61. The van der Waals surface area contributed by atoms with Crippen molar-refractivity contribution in [3.63, 3.8) is 0 Å². The topological polar surface area (TPSA) is 54.2 Å². The molecule has 0 aliphatic heterocycles. The number of hydrogen-bond donors (Lipinski definition) is 2. The van der Waals surface area contributed by atoms with Crippen LogP contribution in [-0.2, 0) is 0 Å². The maximum absolute atomic E-state index is 5.15. The van der Waals surface area contributed by atoms with Crippen LogP contribution in [0.1, 0.15) is 5.56 Å². The summed E-state index contributed by atoms with van der Waals surface area (Å²) in [7, 11) is 0. The Morgan fingerprint density at radius 1 is 1.19 bits per heavy atom. The van der Waals surface area contributed by atoms with Crippen molar-refractivity contribution in [1.29, 1.82) is 0 Å². The molecular weight excluding hydrogens is 422 g/mol. The number of aromatic nitrogens is 2. The Morgan fingerprint density at radius 3 is 2.63 bits per heavy atom. The van der Waals surface area contributed by atoms with Crippen molar-refractivity contribution in [3.8, 4) is 16.9 Å². The molecule has 0 atom stereocenters. The first-order valence-electron chi connectivity index (χ1n) is 8.26. The number of rotatable bonds is 6. The number of thiocarbonyl (C=S) groups is 1. The molecule has 1 heterocycles. The SMILES string of the molecule is C=CCNC(=S)N/N=C\c1cn(-c2ccccc2)nc1-c1ccc(Br)cc1. The molecule has 3 rings (SSSR count). The smallest absolute Gasteiger partial charge is 0.187 e. The van der Waals surface area contributed by atoms with Crippen molar-refractivity contribution >= 4 is 39.5 Å². The highest BCUT2D eigenvalue weighted by atomic mass is 79.9. The van der Waals surface area contributed by atoms with Gasteiger partial charge in [-0.05, 0) is 36.5 Å². The highest BCUT2D eigenvalue weighted by molar-refractivity contribution is 9.10. The van der Waals surface area contributed by atoms with E-state index in [-0.39, 0.29) is 0 Å². The van der Waals surface area contributed by atoms with Gasteiger partial charge in [-0.2, -0.15) is 10.2 Å². The van der Waals surface area contributed by atoms with E-state index in [1.165, 1.54) is 0 Å². The first-order chi connectivity index (χ1) is 13.2. The Hall–Kier alpha value is -2.77. The second kappa shape index (κ2) is 9.25. The zero-order valence-electron chi connectivity index (χ0n) is 14.5. The van der Waals surface area contributed by atoms with Gasteiger partial charge in [-0.1, -0.05) is 52.3 Å². The number of nitrogens with zero attached hydrogens (tertiary/aromatic N) is 3. The summed E-state index contributed by atoms with van der Waals surface area (Å²) in [5, 5.41) is 12.4. The van der Waals surface area contributed by atoms with Gasteiger partial charge in [0.15, 0.2) is 5.11 Å². The van der Waals surface area contributed by atoms with Gasteiger partial charge in [0.25, 0.3) is 0 Å². The molecule has 0 spiro atoms. The third kappa shape index (κ3) is 5.12. The summed E-state index contributed by atoms with van der Waals surface area (Å²) in [4.78, 5) is 0. The van der Waals surface area contributed by atoms with Crippen LogP contribution in [0.15, 0.2) is 83.0 Å². The van der Waals surface area contributed by atoms with Gasteiger partial charge >= 0.3 is 0 Å². The number of hydrogen-bond acceptors (Lipinski definition) is 3. The van der Waals surface area contributed by atoms with Crippen molar-refractivity contribution in [2.45, 2.75) is 0 Å². The molecule has 7 heteroatoms. The van der Waals surface area contributed by atoms with Crippen molar-refractivity contribution in [1.82, 2.24) is 20.5 Å². The maximum Gasteiger partial charge on any atom is 0.187 e. The van der Waals surface area contributed by atoms with Gasteiger partial charge < -0.3 is 5.32 Å². The molecule has 0 saturated carbocycles. The summed E-state index contributed by atoms with van der Waals surface area (Å²) in [6, 6.07) is 18.0. The van der Waals surface area contributed by atoms with E-state index in [1.807, 2.05) is 65.5 Å².